The standard InChI is InChI=1S/C23H30N2O3/c1-18(2)21-9-5-6-10-22(21)28-17-23(26)24-15-19-7-3-4-8-20(19)16-25-11-13-27-14-12-25/h3-10,18H,11-17H2,1-2H3,(H,24,26)/p+1. The highest BCUT2D eigenvalue weighted by Crippen LogP contribution is 2.25. The summed E-state index contributed by atoms with van der Waals surface area (Å²) in [6.45, 7) is 9.47. The van der Waals surface area contributed by atoms with Gasteiger partial charge in [0, 0.05) is 12.1 Å². The topological polar surface area (TPSA) is 52.0 Å². The SMILES string of the molecule is CC(C)c1ccccc1OCC(=O)NCc1ccccc1C[NH+]1CCOCC1. The van der Waals surface area contributed by atoms with E-state index in [1.807, 2.05) is 30.3 Å². The van der Waals surface area contributed by atoms with Crippen molar-refractivity contribution in [3.05, 3.63) is 65.2 Å². The molecule has 2 aromatic rings. The Morgan fingerprint density at radius 1 is 1.07 bits per heavy atom. The number of hydrogen-bond acceptors (Lipinski definition) is 3. The molecule has 0 unspecified atom stereocenters. The summed E-state index contributed by atoms with van der Waals surface area (Å²) in [5, 5.41) is 3.00. The van der Waals surface area contributed by atoms with Crippen LogP contribution in [0.2, 0.25) is 0 Å². The first kappa shape index (κ1) is 20.4. The van der Waals surface area contributed by atoms with Crippen LogP contribution in [0.15, 0.2) is 48.5 Å². The van der Waals surface area contributed by atoms with E-state index in [0.29, 0.717) is 12.5 Å². The fourth-order valence-corrected chi connectivity index (χ4v) is 3.49. The van der Waals surface area contributed by atoms with E-state index in [-0.39, 0.29) is 12.5 Å². The zero-order chi connectivity index (χ0) is 19.8. The van der Waals surface area contributed by atoms with Crippen molar-refractivity contribution < 1.29 is 19.2 Å². The fourth-order valence-electron chi connectivity index (χ4n) is 3.49. The molecular weight excluding hydrogens is 352 g/mol. The normalized spacial score (nSPS) is 14.8. The highest BCUT2D eigenvalue weighted by Gasteiger charge is 2.16. The minimum atomic E-state index is -0.105. The molecule has 5 heteroatoms. The lowest BCUT2D eigenvalue weighted by Gasteiger charge is -2.24. The lowest BCUT2D eigenvalue weighted by Crippen LogP contribution is -3.12. The van der Waals surface area contributed by atoms with E-state index in [4.69, 9.17) is 9.47 Å². The zero-order valence-electron chi connectivity index (χ0n) is 16.9. The van der Waals surface area contributed by atoms with Crippen LogP contribution < -0.4 is 15.0 Å². The molecule has 0 saturated carbocycles. The molecule has 1 heterocycles. The highest BCUT2D eigenvalue weighted by molar-refractivity contribution is 5.77. The van der Waals surface area contributed by atoms with Gasteiger partial charge >= 0.3 is 0 Å². The number of quaternary nitrogens is 1. The van der Waals surface area contributed by atoms with Gasteiger partial charge in [-0.25, -0.2) is 0 Å². The van der Waals surface area contributed by atoms with Crippen LogP contribution in [0, 0.1) is 0 Å². The maximum absolute atomic E-state index is 12.3. The van der Waals surface area contributed by atoms with Gasteiger partial charge in [0.2, 0.25) is 0 Å². The number of amides is 1. The molecule has 2 N–H and O–H groups in total. The number of carbonyl (C=O) groups is 1. The molecule has 0 radical (unpaired) electrons. The molecule has 1 amide bonds. The average molecular weight is 384 g/mol. The van der Waals surface area contributed by atoms with E-state index in [2.05, 4.69) is 37.4 Å². The van der Waals surface area contributed by atoms with Crippen LogP contribution in [-0.2, 0) is 22.6 Å². The summed E-state index contributed by atoms with van der Waals surface area (Å²) in [6.07, 6.45) is 0. The van der Waals surface area contributed by atoms with Crippen molar-refractivity contribution in [3.63, 3.8) is 0 Å². The molecule has 0 spiro atoms. The summed E-state index contributed by atoms with van der Waals surface area (Å²) in [6, 6.07) is 16.2. The van der Waals surface area contributed by atoms with E-state index in [1.165, 1.54) is 10.5 Å². The third kappa shape index (κ3) is 5.81. The van der Waals surface area contributed by atoms with Gasteiger partial charge in [-0.1, -0.05) is 56.3 Å². The predicted octanol–water partition coefficient (Wildman–Crippen LogP) is 1.92. The number of nitrogens with one attached hydrogen (secondary N) is 2. The lowest BCUT2D eigenvalue weighted by molar-refractivity contribution is -0.921. The van der Waals surface area contributed by atoms with Crippen molar-refractivity contribution >= 4 is 5.91 Å². The average Bonchev–Trinajstić information content (AvgIpc) is 2.72. The van der Waals surface area contributed by atoms with E-state index in [1.54, 1.807) is 0 Å². The number of carbonyl (C=O) groups excluding carboxylic acids is 1. The van der Waals surface area contributed by atoms with Crippen molar-refractivity contribution in [1.82, 2.24) is 5.32 Å². The van der Waals surface area contributed by atoms with Gasteiger partial charge in [0.25, 0.3) is 5.91 Å². The van der Waals surface area contributed by atoms with Crippen molar-refractivity contribution in [2.24, 2.45) is 0 Å². The summed E-state index contributed by atoms with van der Waals surface area (Å²) in [5.41, 5.74) is 3.57. The third-order valence-corrected chi connectivity index (χ3v) is 5.13. The first-order valence-corrected chi connectivity index (χ1v) is 10.1. The summed E-state index contributed by atoms with van der Waals surface area (Å²) >= 11 is 0. The van der Waals surface area contributed by atoms with Crippen LogP contribution in [0.4, 0.5) is 0 Å². The Kier molecular flexibility index (Phi) is 7.46. The number of morpholine rings is 1. The quantitative estimate of drug-likeness (QED) is 0.732. The van der Waals surface area contributed by atoms with Crippen LogP contribution in [0.3, 0.4) is 0 Å². The Balaban J connectivity index is 1.52. The molecule has 150 valence electrons. The molecule has 0 aliphatic carbocycles. The number of ether oxygens (including phenoxy) is 2. The second-order valence-electron chi connectivity index (χ2n) is 7.57. The van der Waals surface area contributed by atoms with Gasteiger partial charge in [-0.3, -0.25) is 4.79 Å². The van der Waals surface area contributed by atoms with E-state index in [0.717, 1.165) is 49.7 Å². The second-order valence-corrected chi connectivity index (χ2v) is 7.57. The highest BCUT2D eigenvalue weighted by atomic mass is 16.5. The molecule has 0 aromatic heterocycles. The third-order valence-electron chi connectivity index (χ3n) is 5.13. The zero-order valence-corrected chi connectivity index (χ0v) is 16.9. The van der Waals surface area contributed by atoms with Crippen molar-refractivity contribution in [2.45, 2.75) is 32.9 Å². The first-order chi connectivity index (χ1) is 13.6. The predicted molar refractivity (Wildman–Crippen MR) is 110 cm³/mol. The van der Waals surface area contributed by atoms with Gasteiger partial charge in [0.05, 0.1) is 13.2 Å². The summed E-state index contributed by atoms with van der Waals surface area (Å²) < 4.78 is 11.2. The Labute approximate surface area is 167 Å². The smallest absolute Gasteiger partial charge is 0.258 e. The van der Waals surface area contributed by atoms with E-state index < -0.39 is 0 Å². The Bertz CT molecular complexity index is 770. The molecule has 1 aliphatic rings. The fraction of sp³-hybridized carbons (Fsp3) is 0.435. The maximum atomic E-state index is 12.3. The Morgan fingerprint density at radius 2 is 1.75 bits per heavy atom. The van der Waals surface area contributed by atoms with Gasteiger partial charge in [-0.05, 0) is 23.1 Å². The van der Waals surface area contributed by atoms with Gasteiger partial charge < -0.3 is 19.7 Å². The van der Waals surface area contributed by atoms with Gasteiger partial charge in [-0.15, -0.1) is 0 Å². The summed E-state index contributed by atoms with van der Waals surface area (Å²) in [4.78, 5) is 13.8. The van der Waals surface area contributed by atoms with E-state index >= 15 is 0 Å². The minimum absolute atomic E-state index is 0.0284. The van der Waals surface area contributed by atoms with Crippen LogP contribution in [0.25, 0.3) is 0 Å². The molecule has 5 nitrogen and oxygen atoms in total. The molecule has 28 heavy (non-hydrogen) atoms. The Hall–Kier alpha value is -2.37. The van der Waals surface area contributed by atoms with E-state index in [9.17, 15) is 4.79 Å². The van der Waals surface area contributed by atoms with Crippen molar-refractivity contribution in [2.75, 3.05) is 32.9 Å². The van der Waals surface area contributed by atoms with Gasteiger partial charge in [0.1, 0.15) is 25.4 Å². The maximum Gasteiger partial charge on any atom is 0.258 e. The van der Waals surface area contributed by atoms with Crippen LogP contribution in [-0.4, -0.2) is 38.8 Å². The number of hydrogen-bond donors (Lipinski definition) is 2. The molecule has 3 rings (SSSR count). The van der Waals surface area contributed by atoms with Crippen LogP contribution in [0.5, 0.6) is 5.75 Å². The minimum Gasteiger partial charge on any atom is -0.483 e. The second kappa shape index (κ2) is 10.2. The molecule has 2 aromatic carbocycles. The van der Waals surface area contributed by atoms with Gasteiger partial charge in [-0.2, -0.15) is 0 Å². The largest absolute Gasteiger partial charge is 0.483 e. The lowest BCUT2D eigenvalue weighted by atomic mass is 10.0. The molecule has 1 saturated heterocycles. The molecular formula is C23H31N2O3+. The Morgan fingerprint density at radius 3 is 2.50 bits per heavy atom. The van der Waals surface area contributed by atoms with Crippen LogP contribution in [0.1, 0.15) is 36.5 Å². The first-order valence-electron chi connectivity index (χ1n) is 10.1. The van der Waals surface area contributed by atoms with Crippen LogP contribution >= 0.6 is 0 Å². The summed E-state index contributed by atoms with van der Waals surface area (Å²) in [7, 11) is 0. The summed E-state index contributed by atoms with van der Waals surface area (Å²) in [5.74, 6) is 1.03. The molecule has 0 atom stereocenters. The number of benzene rings is 2. The van der Waals surface area contributed by atoms with Crippen molar-refractivity contribution in [1.29, 1.82) is 0 Å². The number of rotatable bonds is 8. The van der Waals surface area contributed by atoms with Crippen molar-refractivity contribution in [3.8, 4) is 5.75 Å². The molecule has 1 fully saturated rings. The number of para-hydroxylation sites is 1. The molecule has 1 aliphatic heterocycles. The monoisotopic (exact) mass is 383 g/mol. The van der Waals surface area contributed by atoms with Gasteiger partial charge in [0.15, 0.2) is 6.61 Å². The molecule has 0 bridgehead atoms.